The number of fused-ring (bicyclic) bond motifs is 1. The first-order valence-corrected chi connectivity index (χ1v) is 10.2. The van der Waals surface area contributed by atoms with Gasteiger partial charge in [-0.3, -0.25) is 15.6 Å². The number of carbonyl (C=O) groups excluding carboxylic acids is 1. The van der Waals surface area contributed by atoms with Crippen molar-refractivity contribution >= 4 is 44.2 Å². The minimum absolute atomic E-state index is 0.181. The molecule has 0 radical (unpaired) electrons. The van der Waals surface area contributed by atoms with Gasteiger partial charge in [0.15, 0.2) is 0 Å². The number of thiazole rings is 1. The van der Waals surface area contributed by atoms with Gasteiger partial charge in [0, 0.05) is 0 Å². The third-order valence-electron chi connectivity index (χ3n) is 4.50. The van der Waals surface area contributed by atoms with E-state index in [0.29, 0.717) is 21.4 Å². The predicted molar refractivity (Wildman–Crippen MR) is 118 cm³/mol. The number of methoxy groups -OCH3 is 1. The van der Waals surface area contributed by atoms with E-state index in [1.54, 1.807) is 19.2 Å². The van der Waals surface area contributed by atoms with Gasteiger partial charge in [-0.05, 0) is 23.3 Å². The third-order valence-corrected chi connectivity index (χ3v) is 5.93. The summed E-state index contributed by atoms with van der Waals surface area (Å²) in [4.78, 5) is 17.6. The molecule has 0 saturated carbocycles. The molecule has 4 aromatic rings. The van der Waals surface area contributed by atoms with Gasteiger partial charge in [0.25, 0.3) is 0 Å². The first-order valence-electron chi connectivity index (χ1n) is 8.96. The van der Waals surface area contributed by atoms with Crippen LogP contribution in [0.5, 0.6) is 5.75 Å². The van der Waals surface area contributed by atoms with Crippen LogP contribution in [0.1, 0.15) is 17.0 Å². The maximum atomic E-state index is 13.1. The van der Waals surface area contributed by atoms with Crippen molar-refractivity contribution in [2.75, 3.05) is 12.5 Å². The number of nitrogens with zero attached hydrogens (tertiary/aromatic N) is 1. The van der Waals surface area contributed by atoms with Crippen molar-refractivity contribution in [2.24, 2.45) is 0 Å². The zero-order valence-corrected chi connectivity index (χ0v) is 17.1. The number of amides is 1. The summed E-state index contributed by atoms with van der Waals surface area (Å²) in [6.07, 6.45) is 0. The lowest BCUT2D eigenvalue weighted by Crippen LogP contribution is -2.34. The summed E-state index contributed by atoms with van der Waals surface area (Å²) in [5.74, 6) is 0.00333. The highest BCUT2D eigenvalue weighted by Crippen LogP contribution is 2.37. The largest absolute Gasteiger partial charge is 0.494 e. The summed E-state index contributed by atoms with van der Waals surface area (Å²) < 4.78 is 6.14. The molecule has 0 unspecified atom stereocenters. The highest BCUT2D eigenvalue weighted by Gasteiger charge is 2.23. The Bertz CT molecular complexity index is 1090. The van der Waals surface area contributed by atoms with Gasteiger partial charge in [0.05, 0.1) is 22.8 Å². The first-order chi connectivity index (χ1) is 14.2. The summed E-state index contributed by atoms with van der Waals surface area (Å²) in [7, 11) is 1.58. The monoisotopic (exact) mass is 423 g/mol. The maximum Gasteiger partial charge on any atom is 0.250 e. The molecule has 146 valence electrons. The quantitative estimate of drug-likeness (QED) is 0.416. The second-order valence-electron chi connectivity index (χ2n) is 6.32. The van der Waals surface area contributed by atoms with Crippen LogP contribution in [-0.2, 0) is 4.79 Å². The first kappa shape index (κ1) is 19.2. The molecule has 2 N–H and O–H groups in total. The third kappa shape index (κ3) is 4.04. The van der Waals surface area contributed by atoms with E-state index in [9.17, 15) is 4.79 Å². The molecule has 0 aliphatic rings. The van der Waals surface area contributed by atoms with Crippen LogP contribution >= 0.6 is 22.9 Å². The van der Waals surface area contributed by atoms with Crippen LogP contribution in [0.4, 0.5) is 5.13 Å². The fourth-order valence-electron chi connectivity index (χ4n) is 3.14. The molecule has 1 aromatic heterocycles. The summed E-state index contributed by atoms with van der Waals surface area (Å²) in [6, 6.07) is 22.9. The second-order valence-corrected chi connectivity index (χ2v) is 7.72. The highest BCUT2D eigenvalue weighted by molar-refractivity contribution is 7.22. The number of hydrogen-bond acceptors (Lipinski definition) is 5. The van der Waals surface area contributed by atoms with Crippen LogP contribution in [0.2, 0.25) is 5.02 Å². The van der Waals surface area contributed by atoms with Gasteiger partial charge in [0.2, 0.25) is 11.0 Å². The minimum Gasteiger partial charge on any atom is -0.494 e. The second kappa shape index (κ2) is 8.51. The van der Waals surface area contributed by atoms with E-state index >= 15 is 0 Å². The topological polar surface area (TPSA) is 63.2 Å². The molecule has 3 aromatic carbocycles. The van der Waals surface area contributed by atoms with Gasteiger partial charge in [-0.25, -0.2) is 4.98 Å². The molecule has 0 aliphatic carbocycles. The normalized spacial score (nSPS) is 10.9. The Labute approximate surface area is 177 Å². The van der Waals surface area contributed by atoms with Crippen LogP contribution < -0.4 is 15.6 Å². The molecule has 0 saturated heterocycles. The Hall–Kier alpha value is -3.09. The molecule has 1 amide bonds. The van der Waals surface area contributed by atoms with E-state index in [1.165, 1.54) is 11.3 Å². The molecular weight excluding hydrogens is 406 g/mol. The lowest BCUT2D eigenvalue weighted by atomic mass is 9.91. The molecule has 0 bridgehead atoms. The summed E-state index contributed by atoms with van der Waals surface area (Å²) in [5.41, 5.74) is 8.19. The molecule has 7 heteroatoms. The van der Waals surface area contributed by atoms with Crippen molar-refractivity contribution in [3.63, 3.8) is 0 Å². The van der Waals surface area contributed by atoms with E-state index in [-0.39, 0.29) is 5.91 Å². The predicted octanol–water partition coefficient (Wildman–Crippen LogP) is 5.23. The molecule has 0 fully saturated rings. The van der Waals surface area contributed by atoms with Crippen molar-refractivity contribution in [1.29, 1.82) is 0 Å². The number of hydrogen-bond donors (Lipinski definition) is 2. The Morgan fingerprint density at radius 2 is 1.62 bits per heavy atom. The number of halogens is 1. The van der Waals surface area contributed by atoms with Crippen LogP contribution in [0.25, 0.3) is 10.2 Å². The number of aromatic nitrogens is 1. The van der Waals surface area contributed by atoms with Gasteiger partial charge in [0.1, 0.15) is 11.3 Å². The fourth-order valence-corrected chi connectivity index (χ4v) is 4.25. The van der Waals surface area contributed by atoms with Crippen molar-refractivity contribution in [1.82, 2.24) is 10.4 Å². The Morgan fingerprint density at radius 3 is 2.21 bits per heavy atom. The molecule has 29 heavy (non-hydrogen) atoms. The summed E-state index contributed by atoms with van der Waals surface area (Å²) in [5, 5.41) is 1.11. The molecule has 0 spiro atoms. The van der Waals surface area contributed by atoms with Crippen LogP contribution in [-0.4, -0.2) is 18.0 Å². The van der Waals surface area contributed by atoms with E-state index < -0.39 is 5.92 Å². The lowest BCUT2D eigenvalue weighted by molar-refractivity contribution is -0.121. The number of hydrazine groups is 1. The molecule has 4 rings (SSSR count). The van der Waals surface area contributed by atoms with Crippen molar-refractivity contribution in [3.8, 4) is 5.75 Å². The number of rotatable bonds is 6. The summed E-state index contributed by atoms with van der Waals surface area (Å²) >= 11 is 7.62. The van der Waals surface area contributed by atoms with Crippen LogP contribution in [0.3, 0.4) is 0 Å². The van der Waals surface area contributed by atoms with Crippen molar-refractivity contribution in [2.45, 2.75) is 5.92 Å². The number of nitrogens with one attached hydrogen (secondary N) is 2. The van der Waals surface area contributed by atoms with Crippen molar-refractivity contribution < 1.29 is 9.53 Å². The minimum atomic E-state index is -0.447. The molecule has 1 heterocycles. The number of ether oxygens (including phenoxy) is 1. The Kier molecular flexibility index (Phi) is 5.64. The van der Waals surface area contributed by atoms with Gasteiger partial charge in [-0.2, -0.15) is 0 Å². The van der Waals surface area contributed by atoms with E-state index in [1.807, 2.05) is 60.7 Å². The fraction of sp³-hybridized carbons (Fsp3) is 0.0909. The number of anilines is 1. The van der Waals surface area contributed by atoms with E-state index in [2.05, 4.69) is 15.8 Å². The zero-order chi connectivity index (χ0) is 20.2. The average molecular weight is 424 g/mol. The van der Waals surface area contributed by atoms with E-state index in [0.717, 1.165) is 15.8 Å². The van der Waals surface area contributed by atoms with Gasteiger partial charge in [-0.1, -0.05) is 83.6 Å². The zero-order valence-electron chi connectivity index (χ0n) is 15.6. The lowest BCUT2D eigenvalue weighted by Gasteiger charge is -2.18. The Morgan fingerprint density at radius 1 is 1.00 bits per heavy atom. The molecular formula is C22H18ClN3O2S. The summed E-state index contributed by atoms with van der Waals surface area (Å²) in [6.45, 7) is 0. The highest BCUT2D eigenvalue weighted by atomic mass is 35.5. The van der Waals surface area contributed by atoms with Gasteiger partial charge >= 0.3 is 0 Å². The number of benzene rings is 3. The van der Waals surface area contributed by atoms with Crippen LogP contribution in [0.15, 0.2) is 72.8 Å². The maximum absolute atomic E-state index is 13.1. The van der Waals surface area contributed by atoms with Gasteiger partial charge < -0.3 is 4.74 Å². The van der Waals surface area contributed by atoms with E-state index in [4.69, 9.17) is 16.3 Å². The molecule has 5 nitrogen and oxygen atoms in total. The van der Waals surface area contributed by atoms with Crippen LogP contribution in [0, 0.1) is 0 Å². The van der Waals surface area contributed by atoms with Crippen molar-refractivity contribution in [3.05, 3.63) is 88.9 Å². The SMILES string of the molecule is COc1ccc(Cl)c2sc(NNC(=O)C(c3ccccc3)c3ccccc3)nc12. The number of carbonyl (C=O) groups is 1. The standard InChI is InChI=1S/C22H18ClN3O2S/c1-28-17-13-12-16(23)20-19(17)24-22(29-20)26-25-21(27)18(14-8-4-2-5-9-14)15-10-6-3-7-11-15/h2-13,18H,1H3,(H,24,26)(H,25,27). The molecule has 0 atom stereocenters. The Balaban J connectivity index is 1.59. The average Bonchev–Trinajstić information content (AvgIpc) is 3.20. The smallest absolute Gasteiger partial charge is 0.250 e. The van der Waals surface area contributed by atoms with Gasteiger partial charge in [-0.15, -0.1) is 0 Å². The molecule has 0 aliphatic heterocycles.